The highest BCUT2D eigenvalue weighted by Gasteiger charge is 2.27. The van der Waals surface area contributed by atoms with Gasteiger partial charge in [0.25, 0.3) is 0 Å². The molecule has 1 aromatic heterocycles. The van der Waals surface area contributed by atoms with Gasteiger partial charge in [-0.2, -0.15) is 0 Å². The minimum Gasteiger partial charge on any atom is -0.313 e. The highest BCUT2D eigenvalue weighted by Crippen LogP contribution is 2.27. The van der Waals surface area contributed by atoms with Gasteiger partial charge < -0.3 is 5.32 Å². The summed E-state index contributed by atoms with van der Waals surface area (Å²) in [7, 11) is 0. The van der Waals surface area contributed by atoms with Crippen LogP contribution in [0.4, 0.5) is 0 Å². The van der Waals surface area contributed by atoms with Crippen LogP contribution in [0.1, 0.15) is 39.1 Å². The largest absolute Gasteiger partial charge is 0.313 e. The maximum absolute atomic E-state index is 4.36. The minimum atomic E-state index is 0.335. The number of likely N-dealkylation sites (N-methyl/N-ethyl adjacent to an activating group) is 1. The third-order valence-electron chi connectivity index (χ3n) is 3.17. The standard InChI is InChI=1S/C12H22N2S/c1-5-12(3,4)10(13-6-2)9-11-14-7-8-15-11/h7-8,10,13H,5-6,9H2,1-4H3. The summed E-state index contributed by atoms with van der Waals surface area (Å²) in [6, 6.07) is 0.527. The molecule has 0 aromatic carbocycles. The maximum atomic E-state index is 4.36. The Morgan fingerprint density at radius 1 is 1.47 bits per heavy atom. The van der Waals surface area contributed by atoms with E-state index >= 15 is 0 Å². The third-order valence-corrected chi connectivity index (χ3v) is 3.97. The Kier molecular flexibility index (Phi) is 4.74. The molecule has 0 bridgehead atoms. The lowest BCUT2D eigenvalue weighted by molar-refractivity contribution is 0.232. The van der Waals surface area contributed by atoms with Crippen molar-refractivity contribution in [2.45, 2.75) is 46.6 Å². The third kappa shape index (κ3) is 3.58. The molecular formula is C12H22N2S. The first kappa shape index (κ1) is 12.7. The number of nitrogens with one attached hydrogen (secondary N) is 1. The highest BCUT2D eigenvalue weighted by molar-refractivity contribution is 7.09. The molecule has 0 aliphatic rings. The molecule has 1 atom stereocenters. The summed E-state index contributed by atoms with van der Waals surface area (Å²) in [6.07, 6.45) is 4.13. The predicted octanol–water partition coefficient (Wildman–Crippen LogP) is 3.10. The lowest BCUT2D eigenvalue weighted by atomic mass is 9.80. The Balaban J connectivity index is 2.66. The second-order valence-corrected chi connectivity index (χ2v) is 5.56. The molecule has 0 spiro atoms. The summed E-state index contributed by atoms with van der Waals surface area (Å²) < 4.78 is 0. The molecule has 0 aliphatic carbocycles. The Morgan fingerprint density at radius 3 is 2.67 bits per heavy atom. The number of aromatic nitrogens is 1. The normalized spacial score (nSPS) is 14.1. The van der Waals surface area contributed by atoms with Gasteiger partial charge in [0.05, 0.1) is 5.01 Å². The SMILES string of the molecule is CCNC(Cc1nccs1)C(C)(C)CC. The van der Waals surface area contributed by atoms with E-state index in [2.05, 4.69) is 43.4 Å². The smallest absolute Gasteiger partial charge is 0.0940 e. The predicted molar refractivity (Wildman–Crippen MR) is 67.4 cm³/mol. The fourth-order valence-electron chi connectivity index (χ4n) is 1.65. The fraction of sp³-hybridized carbons (Fsp3) is 0.750. The van der Waals surface area contributed by atoms with Crippen LogP contribution in [-0.2, 0) is 6.42 Å². The second-order valence-electron chi connectivity index (χ2n) is 4.58. The molecular weight excluding hydrogens is 204 g/mol. The maximum Gasteiger partial charge on any atom is 0.0940 e. The van der Waals surface area contributed by atoms with Crippen LogP contribution >= 0.6 is 11.3 Å². The summed E-state index contributed by atoms with van der Waals surface area (Å²) in [5.41, 5.74) is 0.335. The molecule has 0 fully saturated rings. The van der Waals surface area contributed by atoms with E-state index in [9.17, 15) is 0 Å². The van der Waals surface area contributed by atoms with Gasteiger partial charge in [0, 0.05) is 24.0 Å². The van der Waals surface area contributed by atoms with Crippen molar-refractivity contribution in [2.75, 3.05) is 6.54 Å². The molecule has 1 unspecified atom stereocenters. The van der Waals surface area contributed by atoms with E-state index < -0.39 is 0 Å². The molecule has 3 heteroatoms. The first-order chi connectivity index (χ1) is 7.10. The van der Waals surface area contributed by atoms with Crippen LogP contribution < -0.4 is 5.32 Å². The van der Waals surface area contributed by atoms with E-state index in [4.69, 9.17) is 0 Å². The van der Waals surface area contributed by atoms with Gasteiger partial charge in [0.1, 0.15) is 0 Å². The van der Waals surface area contributed by atoms with Crippen LogP contribution in [-0.4, -0.2) is 17.6 Å². The molecule has 0 aliphatic heterocycles. The van der Waals surface area contributed by atoms with Crippen LogP contribution in [0.5, 0.6) is 0 Å². The van der Waals surface area contributed by atoms with Crippen molar-refractivity contribution in [3.8, 4) is 0 Å². The van der Waals surface area contributed by atoms with Crippen LogP contribution in [0.3, 0.4) is 0 Å². The van der Waals surface area contributed by atoms with E-state index in [1.807, 2.05) is 6.20 Å². The second kappa shape index (κ2) is 5.61. The Morgan fingerprint density at radius 2 is 2.20 bits per heavy atom. The molecule has 1 rings (SSSR count). The Bertz CT molecular complexity index is 267. The zero-order valence-electron chi connectivity index (χ0n) is 10.2. The molecule has 1 N–H and O–H groups in total. The summed E-state index contributed by atoms with van der Waals surface area (Å²) in [6.45, 7) is 10.1. The number of hydrogen-bond acceptors (Lipinski definition) is 3. The molecule has 2 nitrogen and oxygen atoms in total. The lowest BCUT2D eigenvalue weighted by Crippen LogP contribution is -2.43. The van der Waals surface area contributed by atoms with Gasteiger partial charge in [-0.05, 0) is 18.4 Å². The van der Waals surface area contributed by atoms with Crippen molar-refractivity contribution in [2.24, 2.45) is 5.41 Å². The van der Waals surface area contributed by atoms with Crippen LogP contribution in [0.15, 0.2) is 11.6 Å². The zero-order chi connectivity index (χ0) is 11.3. The van der Waals surface area contributed by atoms with Gasteiger partial charge in [-0.15, -0.1) is 11.3 Å². The van der Waals surface area contributed by atoms with Crippen molar-refractivity contribution in [3.05, 3.63) is 16.6 Å². The molecule has 0 amide bonds. The van der Waals surface area contributed by atoms with Crippen molar-refractivity contribution >= 4 is 11.3 Å². The molecule has 0 saturated carbocycles. The average Bonchev–Trinajstić information content (AvgIpc) is 2.70. The van der Waals surface area contributed by atoms with Crippen molar-refractivity contribution < 1.29 is 0 Å². The van der Waals surface area contributed by atoms with Gasteiger partial charge in [0.2, 0.25) is 0 Å². The Labute approximate surface area is 97.1 Å². The molecule has 0 saturated heterocycles. The first-order valence-corrected chi connectivity index (χ1v) is 6.60. The lowest BCUT2D eigenvalue weighted by Gasteiger charge is -2.33. The monoisotopic (exact) mass is 226 g/mol. The summed E-state index contributed by atoms with van der Waals surface area (Å²) in [5, 5.41) is 6.87. The molecule has 1 heterocycles. The average molecular weight is 226 g/mol. The number of rotatable bonds is 6. The van der Waals surface area contributed by atoms with Gasteiger partial charge in [0.15, 0.2) is 0 Å². The highest BCUT2D eigenvalue weighted by atomic mass is 32.1. The van der Waals surface area contributed by atoms with Gasteiger partial charge in [-0.3, -0.25) is 0 Å². The van der Waals surface area contributed by atoms with Crippen molar-refractivity contribution in [1.29, 1.82) is 0 Å². The van der Waals surface area contributed by atoms with Crippen LogP contribution in [0.2, 0.25) is 0 Å². The summed E-state index contributed by atoms with van der Waals surface area (Å²) >= 11 is 1.75. The minimum absolute atomic E-state index is 0.335. The van der Waals surface area contributed by atoms with E-state index in [-0.39, 0.29) is 0 Å². The van der Waals surface area contributed by atoms with E-state index in [0.29, 0.717) is 11.5 Å². The van der Waals surface area contributed by atoms with E-state index in [1.54, 1.807) is 11.3 Å². The molecule has 15 heavy (non-hydrogen) atoms. The summed E-state index contributed by atoms with van der Waals surface area (Å²) in [4.78, 5) is 4.36. The molecule has 1 aromatic rings. The van der Waals surface area contributed by atoms with Crippen molar-refractivity contribution in [3.63, 3.8) is 0 Å². The van der Waals surface area contributed by atoms with E-state index in [1.165, 1.54) is 11.4 Å². The van der Waals surface area contributed by atoms with Crippen LogP contribution in [0.25, 0.3) is 0 Å². The number of thiazole rings is 1. The fourth-order valence-corrected chi connectivity index (χ4v) is 2.31. The molecule has 86 valence electrons. The quantitative estimate of drug-likeness (QED) is 0.806. The van der Waals surface area contributed by atoms with Gasteiger partial charge in [-0.25, -0.2) is 4.98 Å². The first-order valence-electron chi connectivity index (χ1n) is 5.72. The van der Waals surface area contributed by atoms with Crippen LogP contribution in [0, 0.1) is 5.41 Å². The zero-order valence-corrected chi connectivity index (χ0v) is 11.0. The van der Waals surface area contributed by atoms with Gasteiger partial charge in [-0.1, -0.05) is 27.7 Å². The Hall–Kier alpha value is -0.410. The number of nitrogens with zero attached hydrogens (tertiary/aromatic N) is 1. The molecule has 0 radical (unpaired) electrons. The topological polar surface area (TPSA) is 24.9 Å². The van der Waals surface area contributed by atoms with E-state index in [0.717, 1.165) is 13.0 Å². The number of hydrogen-bond donors (Lipinski definition) is 1. The summed E-state index contributed by atoms with van der Waals surface area (Å²) in [5.74, 6) is 0. The van der Waals surface area contributed by atoms with Crippen molar-refractivity contribution in [1.82, 2.24) is 10.3 Å². The van der Waals surface area contributed by atoms with Gasteiger partial charge >= 0.3 is 0 Å².